The van der Waals surface area contributed by atoms with Crippen molar-refractivity contribution in [1.29, 1.82) is 0 Å². The van der Waals surface area contributed by atoms with Crippen LogP contribution in [0.25, 0.3) is 0 Å². The molecule has 6 heteroatoms. The maximum absolute atomic E-state index is 11.6. The van der Waals surface area contributed by atoms with Crippen molar-refractivity contribution in [3.8, 4) is 5.75 Å². The zero-order valence-corrected chi connectivity index (χ0v) is 13.6. The highest BCUT2D eigenvalue weighted by molar-refractivity contribution is 7.89. The van der Waals surface area contributed by atoms with Gasteiger partial charge in [-0.15, -0.1) is 0 Å². The lowest BCUT2D eigenvalue weighted by Gasteiger charge is -2.18. The Labute approximate surface area is 126 Å². The molecule has 1 aromatic rings. The highest BCUT2D eigenvalue weighted by Crippen LogP contribution is 2.32. The lowest BCUT2D eigenvalue weighted by atomic mass is 10.0. The van der Waals surface area contributed by atoms with Gasteiger partial charge < -0.3 is 9.47 Å². The number of hydrogen-bond acceptors (Lipinski definition) is 4. The SMILES string of the molecule is Cc1cc(OCC2CCCO2)c(C(C)C)cc1S(N)(=O)=O. The average molecular weight is 313 g/mol. The van der Waals surface area contributed by atoms with Crippen LogP contribution in [0.3, 0.4) is 0 Å². The Bertz CT molecular complexity index is 604. The lowest BCUT2D eigenvalue weighted by Crippen LogP contribution is -2.18. The van der Waals surface area contributed by atoms with Gasteiger partial charge in [0.25, 0.3) is 0 Å². The van der Waals surface area contributed by atoms with Gasteiger partial charge in [0.15, 0.2) is 0 Å². The summed E-state index contributed by atoms with van der Waals surface area (Å²) in [5.41, 5.74) is 1.45. The van der Waals surface area contributed by atoms with E-state index in [1.54, 1.807) is 19.1 Å². The Kier molecular flexibility index (Phi) is 4.91. The standard InChI is InChI=1S/C15H23NO4S/c1-10(2)13-8-15(21(16,17)18)11(3)7-14(13)20-9-12-5-4-6-19-12/h7-8,10,12H,4-6,9H2,1-3H3,(H2,16,17,18). The molecule has 1 fully saturated rings. The lowest BCUT2D eigenvalue weighted by molar-refractivity contribution is 0.0675. The number of aryl methyl sites for hydroxylation is 1. The normalized spacial score (nSPS) is 19.2. The molecule has 1 heterocycles. The van der Waals surface area contributed by atoms with Crippen molar-refractivity contribution in [1.82, 2.24) is 0 Å². The predicted molar refractivity (Wildman–Crippen MR) is 81.1 cm³/mol. The van der Waals surface area contributed by atoms with Gasteiger partial charge in [0.1, 0.15) is 12.4 Å². The summed E-state index contributed by atoms with van der Waals surface area (Å²) in [6.07, 6.45) is 2.20. The Hall–Kier alpha value is -1.11. The molecule has 1 saturated heterocycles. The number of hydrogen-bond donors (Lipinski definition) is 1. The molecular weight excluding hydrogens is 290 g/mol. The van der Waals surface area contributed by atoms with E-state index in [1.165, 1.54) is 0 Å². The van der Waals surface area contributed by atoms with Crippen LogP contribution in [-0.4, -0.2) is 27.7 Å². The summed E-state index contributed by atoms with van der Waals surface area (Å²) in [7, 11) is -3.72. The maximum atomic E-state index is 11.6. The van der Waals surface area contributed by atoms with E-state index in [4.69, 9.17) is 14.6 Å². The van der Waals surface area contributed by atoms with E-state index in [9.17, 15) is 8.42 Å². The molecule has 2 N–H and O–H groups in total. The maximum Gasteiger partial charge on any atom is 0.238 e. The van der Waals surface area contributed by atoms with Gasteiger partial charge in [-0.25, -0.2) is 13.6 Å². The Morgan fingerprint density at radius 3 is 2.67 bits per heavy atom. The summed E-state index contributed by atoms with van der Waals surface area (Å²) in [4.78, 5) is 0.163. The molecule has 21 heavy (non-hydrogen) atoms. The third-order valence-electron chi connectivity index (χ3n) is 3.68. The van der Waals surface area contributed by atoms with E-state index in [-0.39, 0.29) is 16.9 Å². The first-order valence-electron chi connectivity index (χ1n) is 7.20. The van der Waals surface area contributed by atoms with Crippen LogP contribution in [0.5, 0.6) is 5.75 Å². The summed E-state index contributed by atoms with van der Waals surface area (Å²) in [5, 5.41) is 5.26. The number of benzene rings is 1. The monoisotopic (exact) mass is 313 g/mol. The third kappa shape index (κ3) is 3.96. The van der Waals surface area contributed by atoms with Gasteiger partial charge in [0.2, 0.25) is 10.0 Å². The Morgan fingerprint density at radius 2 is 2.14 bits per heavy atom. The summed E-state index contributed by atoms with van der Waals surface area (Å²) in [6, 6.07) is 3.38. The van der Waals surface area contributed by atoms with E-state index in [1.807, 2.05) is 13.8 Å². The molecule has 1 unspecified atom stereocenters. The predicted octanol–water partition coefficient (Wildman–Crippen LogP) is 2.32. The average Bonchev–Trinajstić information content (AvgIpc) is 2.87. The van der Waals surface area contributed by atoms with Crippen molar-refractivity contribution in [2.45, 2.75) is 50.5 Å². The molecular formula is C15H23NO4S. The molecule has 0 spiro atoms. The fraction of sp³-hybridized carbons (Fsp3) is 0.600. The first-order chi connectivity index (χ1) is 9.79. The van der Waals surface area contributed by atoms with Crippen LogP contribution >= 0.6 is 0 Å². The topological polar surface area (TPSA) is 78.6 Å². The zero-order chi connectivity index (χ0) is 15.6. The van der Waals surface area contributed by atoms with Crippen molar-refractivity contribution in [2.24, 2.45) is 5.14 Å². The second kappa shape index (κ2) is 6.34. The Balaban J connectivity index is 2.29. The molecule has 5 nitrogen and oxygen atoms in total. The van der Waals surface area contributed by atoms with E-state index in [0.717, 1.165) is 25.0 Å². The minimum absolute atomic E-state index is 0.128. The van der Waals surface area contributed by atoms with Crippen molar-refractivity contribution >= 4 is 10.0 Å². The number of primary sulfonamides is 1. The zero-order valence-electron chi connectivity index (χ0n) is 12.8. The van der Waals surface area contributed by atoms with Crippen LogP contribution in [0.1, 0.15) is 43.7 Å². The Morgan fingerprint density at radius 1 is 1.43 bits per heavy atom. The molecule has 1 atom stereocenters. The van der Waals surface area contributed by atoms with Crippen LogP contribution in [-0.2, 0) is 14.8 Å². The molecule has 1 aliphatic heterocycles. The number of sulfonamides is 1. The van der Waals surface area contributed by atoms with Crippen molar-refractivity contribution in [3.05, 3.63) is 23.3 Å². The van der Waals surface area contributed by atoms with Crippen molar-refractivity contribution < 1.29 is 17.9 Å². The van der Waals surface area contributed by atoms with Gasteiger partial charge in [0.05, 0.1) is 11.0 Å². The molecule has 118 valence electrons. The first-order valence-corrected chi connectivity index (χ1v) is 8.75. The van der Waals surface area contributed by atoms with Crippen LogP contribution in [0.2, 0.25) is 0 Å². The van der Waals surface area contributed by atoms with Crippen molar-refractivity contribution in [3.63, 3.8) is 0 Å². The molecule has 1 aliphatic rings. The molecule has 0 radical (unpaired) electrons. The minimum atomic E-state index is -3.72. The van der Waals surface area contributed by atoms with Gasteiger partial charge >= 0.3 is 0 Å². The van der Waals surface area contributed by atoms with Gasteiger partial charge in [-0.3, -0.25) is 0 Å². The number of rotatable bonds is 5. The summed E-state index contributed by atoms with van der Waals surface area (Å²) < 4.78 is 34.7. The van der Waals surface area contributed by atoms with E-state index < -0.39 is 10.0 Å². The smallest absolute Gasteiger partial charge is 0.238 e. The summed E-state index contributed by atoms with van der Waals surface area (Å²) in [5.74, 6) is 0.857. The molecule has 0 amide bonds. The van der Waals surface area contributed by atoms with Crippen LogP contribution in [0, 0.1) is 6.92 Å². The fourth-order valence-electron chi connectivity index (χ4n) is 2.52. The molecule has 0 saturated carbocycles. The molecule has 0 bridgehead atoms. The van der Waals surface area contributed by atoms with Crippen LogP contribution in [0.15, 0.2) is 17.0 Å². The van der Waals surface area contributed by atoms with Crippen molar-refractivity contribution in [2.75, 3.05) is 13.2 Å². The van der Waals surface area contributed by atoms with Crippen LogP contribution < -0.4 is 9.88 Å². The summed E-state index contributed by atoms with van der Waals surface area (Å²) >= 11 is 0. The largest absolute Gasteiger partial charge is 0.491 e. The molecule has 0 aromatic heterocycles. The molecule has 0 aliphatic carbocycles. The second-order valence-corrected chi connectivity index (χ2v) is 7.33. The second-order valence-electron chi connectivity index (χ2n) is 5.80. The number of ether oxygens (including phenoxy) is 2. The van der Waals surface area contributed by atoms with Gasteiger partial charge in [-0.1, -0.05) is 13.8 Å². The summed E-state index contributed by atoms with van der Waals surface area (Å²) in [6.45, 7) is 7.00. The van der Waals surface area contributed by atoms with Gasteiger partial charge in [-0.2, -0.15) is 0 Å². The van der Waals surface area contributed by atoms with Gasteiger partial charge in [0, 0.05) is 6.61 Å². The van der Waals surface area contributed by atoms with Gasteiger partial charge in [-0.05, 0) is 48.9 Å². The quantitative estimate of drug-likeness (QED) is 0.905. The fourth-order valence-corrected chi connectivity index (χ4v) is 3.32. The molecule has 1 aromatic carbocycles. The number of nitrogens with two attached hydrogens (primary N) is 1. The van der Waals surface area contributed by atoms with E-state index in [0.29, 0.717) is 17.9 Å². The van der Waals surface area contributed by atoms with E-state index >= 15 is 0 Å². The van der Waals surface area contributed by atoms with E-state index in [2.05, 4.69) is 0 Å². The van der Waals surface area contributed by atoms with Crippen LogP contribution in [0.4, 0.5) is 0 Å². The third-order valence-corrected chi connectivity index (χ3v) is 4.74. The first kappa shape index (κ1) is 16.3. The molecule has 2 rings (SSSR count). The highest BCUT2D eigenvalue weighted by atomic mass is 32.2. The minimum Gasteiger partial charge on any atom is -0.491 e. The highest BCUT2D eigenvalue weighted by Gasteiger charge is 2.20.